The van der Waals surface area contributed by atoms with Crippen LogP contribution in [0.15, 0.2) is 60.8 Å². The summed E-state index contributed by atoms with van der Waals surface area (Å²) in [4.78, 5) is 78.0. The molecule has 1 unspecified atom stereocenters. The molecule has 2 saturated heterocycles. The van der Waals surface area contributed by atoms with Crippen molar-refractivity contribution in [2.24, 2.45) is 11.3 Å². The summed E-state index contributed by atoms with van der Waals surface area (Å²) in [6.45, 7) is 17.0. The van der Waals surface area contributed by atoms with E-state index in [4.69, 9.17) is 29.8 Å². The van der Waals surface area contributed by atoms with Gasteiger partial charge in [-0.15, -0.1) is 0 Å². The van der Waals surface area contributed by atoms with Gasteiger partial charge in [-0.1, -0.05) is 58.0 Å². The van der Waals surface area contributed by atoms with E-state index in [1.807, 2.05) is 75.7 Å². The predicted molar refractivity (Wildman–Crippen MR) is 311 cm³/mol. The monoisotopic (exact) mass is 1140 g/mol. The molecule has 2 aromatic heterocycles. The Morgan fingerprint density at radius 3 is 2.29 bits per heavy atom. The molecule has 82 heavy (non-hydrogen) atoms. The zero-order valence-electron chi connectivity index (χ0n) is 49.2. The Kier molecular flexibility index (Phi) is 23.2. The van der Waals surface area contributed by atoms with Gasteiger partial charge >= 0.3 is 0 Å². The van der Waals surface area contributed by atoms with Crippen molar-refractivity contribution in [2.45, 2.75) is 117 Å². The van der Waals surface area contributed by atoms with Crippen LogP contribution >= 0.6 is 0 Å². The Morgan fingerprint density at radius 1 is 0.915 bits per heavy atom. The molecule has 2 fully saturated rings. The fourth-order valence-electron chi connectivity index (χ4n) is 11.0. The highest BCUT2D eigenvalue weighted by atomic mass is 19.1. The van der Waals surface area contributed by atoms with Crippen LogP contribution < -0.4 is 37.2 Å². The van der Waals surface area contributed by atoms with E-state index in [2.05, 4.69) is 36.5 Å². The smallest absolute Gasteiger partial charge is 0.254 e. The molecule has 3 aliphatic heterocycles. The Balaban J connectivity index is 0.774. The minimum atomic E-state index is -0.691. The molecule has 0 radical (unpaired) electrons. The van der Waals surface area contributed by atoms with Gasteiger partial charge in [0.25, 0.3) is 5.91 Å². The highest BCUT2D eigenvalue weighted by Crippen LogP contribution is 2.43. The topological polar surface area (TPSA) is 249 Å². The van der Waals surface area contributed by atoms with Crippen molar-refractivity contribution >= 4 is 41.0 Å². The first-order valence-electron chi connectivity index (χ1n) is 29.0. The van der Waals surface area contributed by atoms with Gasteiger partial charge in [-0.05, 0) is 87.4 Å². The number of nitrogens with two attached hydrogens (primary N) is 1. The Morgan fingerprint density at radius 2 is 1.61 bits per heavy atom. The molecular formula is C60H87FN12O9. The summed E-state index contributed by atoms with van der Waals surface area (Å²) in [6, 6.07) is 14.5. The molecule has 2 bridgehead atoms. The molecule has 7 N–H and O–H groups in total. The molecule has 0 aliphatic carbocycles. The van der Waals surface area contributed by atoms with Crippen LogP contribution in [0.25, 0.3) is 11.1 Å². The number of halogens is 1. The number of rotatable bonds is 28. The van der Waals surface area contributed by atoms with Gasteiger partial charge in [0.15, 0.2) is 0 Å². The van der Waals surface area contributed by atoms with E-state index >= 15 is 0 Å². The first-order valence-corrected chi connectivity index (χ1v) is 29.0. The van der Waals surface area contributed by atoms with Crippen LogP contribution in [0.1, 0.15) is 112 Å². The standard InChI is InChI=1S/C60H87FN12O9/c1-9-48(41-14-11-10-12-15-41)68-57(76)52-34-44(37-72(52)59(78)47(60(4,5)6)36-67-56(75)39(2)63-7)64-21-25-80-27-29-82-31-30-81-28-26-79-24-19-53(74)65-20-23-73-40(3)54-42-32-51(55(62)66-35-42)71-22-13-16-50(71)46-33-43(61)17-18-45(46)58(77)70(8)38-49(54)69-73/h10-12,14-15,17-18,32-33,35,39,44,47-48,50,52,63-64H,9,13,16,19-31,34,36-38H2,1-8H3,(H2,62,66)(H,65,74)(H,67,75)(H,68,76)/t39-,44-,47?,48+,50-,52-/m1/s1. The number of nitrogen functional groups attached to an aromatic ring is 1. The molecule has 22 heteroatoms. The van der Waals surface area contributed by atoms with E-state index in [-0.39, 0.29) is 73.8 Å². The molecule has 21 nitrogen and oxygen atoms in total. The Hall–Kier alpha value is -6.56. The maximum atomic E-state index is 14.7. The summed E-state index contributed by atoms with van der Waals surface area (Å²) in [5.74, 6) is -1.57. The summed E-state index contributed by atoms with van der Waals surface area (Å²) in [6.07, 6.45) is 4.60. The van der Waals surface area contributed by atoms with Gasteiger partial charge in [-0.25, -0.2) is 9.37 Å². The van der Waals surface area contributed by atoms with Crippen molar-refractivity contribution in [3.63, 3.8) is 0 Å². The lowest BCUT2D eigenvalue weighted by molar-refractivity contribution is -0.144. The number of carbonyl (C=O) groups is 5. The van der Waals surface area contributed by atoms with Crippen LogP contribution in [0, 0.1) is 24.1 Å². The fourth-order valence-corrected chi connectivity index (χ4v) is 11.0. The molecule has 4 aromatic rings. The zero-order chi connectivity index (χ0) is 58.9. The number of aromatic nitrogens is 3. The van der Waals surface area contributed by atoms with Crippen LogP contribution in [-0.2, 0) is 51.2 Å². The molecule has 0 saturated carbocycles. The summed E-state index contributed by atoms with van der Waals surface area (Å²) < 4.78 is 39.4. The van der Waals surface area contributed by atoms with Crippen molar-refractivity contribution in [3.8, 4) is 11.1 Å². The van der Waals surface area contributed by atoms with Crippen LogP contribution in [-0.4, -0.2) is 172 Å². The van der Waals surface area contributed by atoms with Gasteiger partial charge in [0.05, 0.1) is 101 Å². The maximum absolute atomic E-state index is 14.7. The second-order valence-electron chi connectivity index (χ2n) is 22.5. The first kappa shape index (κ1) is 63.0. The molecule has 5 amide bonds. The lowest BCUT2D eigenvalue weighted by atomic mass is 9.79. The molecule has 5 heterocycles. The average Bonchev–Trinajstić information content (AvgIpc) is 3.67. The summed E-state index contributed by atoms with van der Waals surface area (Å²) in [5, 5.41) is 20.5. The Labute approximate surface area is 482 Å². The number of fused-ring (bicyclic) bond motifs is 8. The maximum Gasteiger partial charge on any atom is 0.254 e. The molecule has 0 spiro atoms. The third-order valence-electron chi connectivity index (χ3n) is 15.7. The van der Waals surface area contributed by atoms with Crippen molar-refractivity contribution in [2.75, 3.05) is 110 Å². The number of amides is 5. The number of hydrogen-bond acceptors (Lipinski definition) is 15. The molecular weight excluding hydrogens is 1050 g/mol. The van der Waals surface area contributed by atoms with Crippen molar-refractivity contribution in [1.29, 1.82) is 0 Å². The van der Waals surface area contributed by atoms with Crippen LogP contribution in [0.2, 0.25) is 0 Å². The van der Waals surface area contributed by atoms with Gasteiger partial charge in [0.1, 0.15) is 17.7 Å². The molecule has 7 rings (SSSR count). The van der Waals surface area contributed by atoms with Crippen molar-refractivity contribution in [3.05, 3.63) is 94.7 Å². The summed E-state index contributed by atoms with van der Waals surface area (Å²) in [5.41, 5.74) is 12.0. The van der Waals surface area contributed by atoms with E-state index in [0.29, 0.717) is 114 Å². The van der Waals surface area contributed by atoms with Gasteiger partial charge in [-0.3, -0.25) is 28.7 Å². The van der Waals surface area contributed by atoms with E-state index < -0.39 is 29.2 Å². The number of ether oxygens (including phenoxy) is 4. The third-order valence-corrected chi connectivity index (χ3v) is 15.7. The zero-order valence-corrected chi connectivity index (χ0v) is 49.2. The lowest BCUT2D eigenvalue weighted by Gasteiger charge is -2.35. The number of carbonyl (C=O) groups excluding carboxylic acids is 5. The number of likely N-dealkylation sites (N-methyl/N-ethyl adjacent to an activating group) is 1. The summed E-state index contributed by atoms with van der Waals surface area (Å²) >= 11 is 0. The predicted octanol–water partition coefficient (Wildman–Crippen LogP) is 4.69. The average molecular weight is 1140 g/mol. The normalized spacial score (nSPS) is 18.2. The number of pyridine rings is 1. The highest BCUT2D eigenvalue weighted by molar-refractivity contribution is 5.96. The number of anilines is 2. The van der Waals surface area contributed by atoms with Gasteiger partial charge < -0.3 is 66.0 Å². The van der Waals surface area contributed by atoms with Crippen molar-refractivity contribution in [1.82, 2.24) is 51.1 Å². The quantitative estimate of drug-likeness (QED) is 0.0423. The van der Waals surface area contributed by atoms with Gasteiger partial charge in [0, 0.05) is 80.8 Å². The number of nitrogens with one attached hydrogen (secondary N) is 5. The van der Waals surface area contributed by atoms with Gasteiger partial charge in [0.2, 0.25) is 23.6 Å². The minimum absolute atomic E-state index is 0.145. The third kappa shape index (κ3) is 16.6. The highest BCUT2D eigenvalue weighted by Gasteiger charge is 2.45. The van der Waals surface area contributed by atoms with Crippen molar-refractivity contribution < 1.29 is 47.3 Å². The Bertz CT molecular complexity index is 2780. The molecule has 6 atom stereocenters. The second kappa shape index (κ2) is 30.1. The van der Waals surface area contributed by atoms with Gasteiger partial charge in [-0.2, -0.15) is 5.10 Å². The van der Waals surface area contributed by atoms with E-state index in [1.165, 1.54) is 12.1 Å². The fraction of sp³-hybridized carbons (Fsp3) is 0.583. The van der Waals surface area contributed by atoms with E-state index in [0.717, 1.165) is 40.9 Å². The molecule has 448 valence electrons. The largest absolute Gasteiger partial charge is 0.382 e. The van der Waals surface area contributed by atoms with Crippen LogP contribution in [0.4, 0.5) is 15.9 Å². The van der Waals surface area contributed by atoms with E-state index in [9.17, 15) is 28.4 Å². The number of nitrogens with zero attached hydrogens (tertiary/aromatic N) is 6. The lowest BCUT2D eigenvalue weighted by Crippen LogP contribution is -2.53. The van der Waals surface area contributed by atoms with Crippen LogP contribution in [0.5, 0.6) is 0 Å². The number of likely N-dealkylation sites (tertiary alicyclic amines) is 1. The number of benzene rings is 2. The molecule has 3 aliphatic rings. The minimum Gasteiger partial charge on any atom is -0.382 e. The molecule has 2 aromatic carbocycles. The van der Waals surface area contributed by atoms with Crippen LogP contribution in [0.3, 0.4) is 0 Å². The first-order chi connectivity index (χ1) is 39.4. The van der Waals surface area contributed by atoms with E-state index in [1.54, 1.807) is 43.1 Å². The summed E-state index contributed by atoms with van der Waals surface area (Å²) in [7, 11) is 3.43. The second-order valence-corrected chi connectivity index (χ2v) is 22.5. The number of hydrogen-bond donors (Lipinski definition) is 6. The SMILES string of the molecule is CC[C@H](NC(=O)[C@H]1C[C@@H](NCCOCCOCCOCCOCCC(=O)NCCn2nc3c(c2C)-c2cnc(N)c(c2)N2CCC[C@@H]2c2cc(F)ccc2C(=O)N(C)C3)CN1C(=O)C(CNC(=O)[C@@H](C)NC)C(C)(C)C)c1ccccc1.